The number of aryl methyl sites for hydroxylation is 1. The molecule has 0 fully saturated rings. The average molecular weight is 423 g/mol. The molecule has 6 heteroatoms. The Balaban J connectivity index is 1.58. The second-order valence-electron chi connectivity index (χ2n) is 7.70. The van der Waals surface area contributed by atoms with Crippen LogP contribution in [0.15, 0.2) is 94.5 Å². The third kappa shape index (κ3) is 2.61. The zero-order valence-electron chi connectivity index (χ0n) is 16.6. The molecule has 150 valence electrons. The summed E-state index contributed by atoms with van der Waals surface area (Å²) in [5, 5.41) is 0.723. The highest BCUT2D eigenvalue weighted by Crippen LogP contribution is 2.49. The Hall–Kier alpha value is -3.64. The van der Waals surface area contributed by atoms with Gasteiger partial charge in [0.15, 0.2) is 5.16 Å². The summed E-state index contributed by atoms with van der Waals surface area (Å²) >= 11 is 1.29. The maximum Gasteiger partial charge on any atom is 0.272 e. The highest BCUT2D eigenvalue weighted by Gasteiger charge is 2.47. The fourth-order valence-corrected chi connectivity index (χ4v) is 5.50. The first kappa shape index (κ1) is 18.2. The predicted octanol–water partition coefficient (Wildman–Crippen LogP) is 4.87. The molecule has 0 saturated heterocycles. The van der Waals surface area contributed by atoms with Crippen molar-refractivity contribution in [1.29, 1.82) is 0 Å². The van der Waals surface area contributed by atoms with E-state index in [1.54, 1.807) is 6.07 Å². The number of rotatable bonds is 2. The summed E-state index contributed by atoms with van der Waals surface area (Å²) in [6.45, 7) is 1.95. The number of anilines is 1. The lowest BCUT2D eigenvalue weighted by Gasteiger charge is -2.26. The van der Waals surface area contributed by atoms with Gasteiger partial charge in [-0.15, -0.1) is 0 Å². The van der Waals surface area contributed by atoms with E-state index in [9.17, 15) is 9.59 Å². The summed E-state index contributed by atoms with van der Waals surface area (Å²) < 4.78 is 2.08. The predicted molar refractivity (Wildman–Crippen MR) is 121 cm³/mol. The second kappa shape index (κ2) is 6.68. The molecule has 0 N–H and O–H groups in total. The Kier molecular flexibility index (Phi) is 3.91. The minimum absolute atomic E-state index is 0.268. The van der Waals surface area contributed by atoms with E-state index in [0.29, 0.717) is 16.2 Å². The van der Waals surface area contributed by atoms with Crippen molar-refractivity contribution in [2.75, 3.05) is 4.90 Å². The van der Waals surface area contributed by atoms with Gasteiger partial charge in [-0.05, 0) is 54.1 Å². The monoisotopic (exact) mass is 423 g/mol. The molecule has 1 aromatic heterocycles. The molecule has 4 aromatic rings. The number of carbonyl (C=O) groups is 2. The first-order chi connectivity index (χ1) is 15.1. The van der Waals surface area contributed by atoms with Crippen molar-refractivity contribution < 1.29 is 9.59 Å². The van der Waals surface area contributed by atoms with Crippen LogP contribution in [0.2, 0.25) is 0 Å². The lowest BCUT2D eigenvalue weighted by Crippen LogP contribution is -2.32. The van der Waals surface area contributed by atoms with Gasteiger partial charge in [0, 0.05) is 0 Å². The summed E-state index contributed by atoms with van der Waals surface area (Å²) in [6, 6.07) is 24.8. The van der Waals surface area contributed by atoms with Crippen molar-refractivity contribution >= 4 is 40.3 Å². The van der Waals surface area contributed by atoms with Crippen LogP contribution in [0, 0.1) is 6.92 Å². The van der Waals surface area contributed by atoms with Gasteiger partial charge < -0.3 is 4.57 Å². The van der Waals surface area contributed by atoms with Crippen LogP contribution < -0.4 is 4.90 Å². The summed E-state index contributed by atoms with van der Waals surface area (Å²) in [7, 11) is 0. The maximum absolute atomic E-state index is 13.7. The second-order valence-corrected chi connectivity index (χ2v) is 8.67. The number of fused-ring (bicyclic) bond motifs is 3. The third-order valence-electron chi connectivity index (χ3n) is 5.74. The molecule has 3 aromatic carbocycles. The van der Waals surface area contributed by atoms with Crippen LogP contribution in [0.25, 0.3) is 11.0 Å². The van der Waals surface area contributed by atoms with Gasteiger partial charge in [0.25, 0.3) is 11.8 Å². The zero-order valence-corrected chi connectivity index (χ0v) is 17.5. The van der Waals surface area contributed by atoms with Crippen molar-refractivity contribution in [3.63, 3.8) is 0 Å². The lowest BCUT2D eigenvalue weighted by molar-refractivity contribution is -0.120. The highest BCUT2D eigenvalue weighted by atomic mass is 32.2. The van der Waals surface area contributed by atoms with Gasteiger partial charge in [-0.1, -0.05) is 54.6 Å². The molecule has 2 amide bonds. The standard InChI is InChI=1S/C25H17N3O2S/c1-15-8-7-11-17(14-15)27-23(29)20-21(16-9-3-2-4-10-16)28-19-13-6-5-12-18(19)26-25(28)31-22(20)24(27)30/h2-14,21H,1H3. The number of nitrogens with zero attached hydrogens (tertiary/aromatic N) is 3. The molecule has 1 unspecified atom stereocenters. The van der Waals surface area contributed by atoms with Gasteiger partial charge >= 0.3 is 0 Å². The van der Waals surface area contributed by atoms with Gasteiger partial charge in [0.05, 0.1) is 33.2 Å². The topological polar surface area (TPSA) is 55.2 Å². The molecule has 1 atom stereocenters. The van der Waals surface area contributed by atoms with Gasteiger partial charge in [0.1, 0.15) is 0 Å². The van der Waals surface area contributed by atoms with Crippen molar-refractivity contribution in [1.82, 2.24) is 9.55 Å². The number of amides is 2. The Morgan fingerprint density at radius 2 is 1.65 bits per heavy atom. The molecule has 3 heterocycles. The number of hydrogen-bond acceptors (Lipinski definition) is 4. The molecule has 6 rings (SSSR count). The molecule has 2 aliphatic rings. The highest BCUT2D eigenvalue weighted by molar-refractivity contribution is 8.04. The van der Waals surface area contributed by atoms with Crippen molar-refractivity contribution in [3.05, 3.63) is 100 Å². The van der Waals surface area contributed by atoms with Crippen LogP contribution in [0.3, 0.4) is 0 Å². The normalized spacial score (nSPS) is 18.0. The molecular formula is C25H17N3O2S. The van der Waals surface area contributed by atoms with Crippen LogP contribution in [0.1, 0.15) is 17.2 Å². The van der Waals surface area contributed by atoms with Gasteiger partial charge in [-0.3, -0.25) is 9.59 Å². The summed E-state index contributed by atoms with van der Waals surface area (Å²) in [6.07, 6.45) is 0. The van der Waals surface area contributed by atoms with Crippen LogP contribution in [0.4, 0.5) is 5.69 Å². The fraction of sp³-hybridized carbons (Fsp3) is 0.0800. The Bertz CT molecular complexity index is 1420. The number of thioether (sulfide) groups is 1. The molecule has 0 radical (unpaired) electrons. The van der Waals surface area contributed by atoms with Gasteiger partial charge in [0.2, 0.25) is 0 Å². The van der Waals surface area contributed by atoms with Gasteiger partial charge in [-0.25, -0.2) is 9.88 Å². The quantitative estimate of drug-likeness (QED) is 0.432. The zero-order chi connectivity index (χ0) is 21.1. The minimum Gasteiger partial charge on any atom is -0.307 e. The molecule has 2 aliphatic heterocycles. The van der Waals surface area contributed by atoms with E-state index in [4.69, 9.17) is 4.98 Å². The smallest absolute Gasteiger partial charge is 0.272 e. The van der Waals surface area contributed by atoms with E-state index >= 15 is 0 Å². The first-order valence-corrected chi connectivity index (χ1v) is 10.8. The molecule has 0 bridgehead atoms. The van der Waals surface area contributed by atoms with E-state index in [2.05, 4.69) is 4.57 Å². The van der Waals surface area contributed by atoms with E-state index in [1.165, 1.54) is 16.7 Å². The largest absolute Gasteiger partial charge is 0.307 e. The minimum atomic E-state index is -0.411. The molecule has 0 aliphatic carbocycles. The third-order valence-corrected chi connectivity index (χ3v) is 6.81. The molecule has 31 heavy (non-hydrogen) atoms. The number of hydrogen-bond donors (Lipinski definition) is 0. The number of aromatic nitrogens is 2. The first-order valence-electron chi connectivity index (χ1n) is 10.0. The molecule has 0 spiro atoms. The van der Waals surface area contributed by atoms with Crippen molar-refractivity contribution in [2.24, 2.45) is 0 Å². The molecule has 5 nitrogen and oxygen atoms in total. The van der Waals surface area contributed by atoms with Crippen molar-refractivity contribution in [2.45, 2.75) is 18.1 Å². The summed E-state index contributed by atoms with van der Waals surface area (Å²) in [4.78, 5) is 33.7. The Morgan fingerprint density at radius 3 is 2.45 bits per heavy atom. The summed E-state index contributed by atoms with van der Waals surface area (Å²) in [5.74, 6) is -0.551. The SMILES string of the molecule is Cc1cccc(N2C(=O)C3=C(C2=O)C(c2ccccc2)n2c(nc4ccccc42)S3)c1. The van der Waals surface area contributed by atoms with E-state index in [-0.39, 0.29) is 11.8 Å². The fourth-order valence-electron chi connectivity index (χ4n) is 4.38. The van der Waals surface area contributed by atoms with Crippen LogP contribution in [0.5, 0.6) is 0 Å². The van der Waals surface area contributed by atoms with Gasteiger partial charge in [-0.2, -0.15) is 0 Å². The Morgan fingerprint density at radius 1 is 0.871 bits per heavy atom. The Labute approximate surface area is 183 Å². The number of imide groups is 1. The average Bonchev–Trinajstić information content (AvgIpc) is 3.28. The van der Waals surface area contributed by atoms with E-state index < -0.39 is 6.04 Å². The van der Waals surface area contributed by atoms with Crippen molar-refractivity contribution in [3.8, 4) is 0 Å². The van der Waals surface area contributed by atoms with E-state index in [0.717, 1.165) is 27.3 Å². The van der Waals surface area contributed by atoms with E-state index in [1.807, 2.05) is 79.7 Å². The lowest BCUT2D eigenvalue weighted by atomic mass is 9.97. The summed E-state index contributed by atoms with van der Waals surface area (Å²) in [5.41, 5.74) is 4.85. The molecule has 0 saturated carbocycles. The number of benzene rings is 3. The van der Waals surface area contributed by atoms with Crippen LogP contribution >= 0.6 is 11.8 Å². The number of carbonyl (C=O) groups excluding carboxylic acids is 2. The number of para-hydroxylation sites is 2. The number of imidazole rings is 1. The maximum atomic E-state index is 13.7. The molecular weight excluding hydrogens is 406 g/mol. The van der Waals surface area contributed by atoms with Crippen LogP contribution in [-0.4, -0.2) is 21.4 Å². The van der Waals surface area contributed by atoms with Crippen LogP contribution in [-0.2, 0) is 9.59 Å².